The first-order valence-electron chi connectivity index (χ1n) is 7.26. The van der Waals surface area contributed by atoms with Gasteiger partial charge in [-0.25, -0.2) is 0 Å². The maximum atomic E-state index is 3.66. The highest BCUT2D eigenvalue weighted by molar-refractivity contribution is 9.11. The molecule has 2 aliphatic rings. The van der Waals surface area contributed by atoms with Crippen LogP contribution in [-0.2, 0) is 12.8 Å². The average molecular weight is 452 g/mol. The zero-order chi connectivity index (χ0) is 15.2. The van der Waals surface area contributed by atoms with E-state index in [0.29, 0.717) is 0 Å². The number of halogens is 2. The monoisotopic (exact) mass is 450 g/mol. The van der Waals surface area contributed by atoms with Gasteiger partial charge >= 0.3 is 0 Å². The third kappa shape index (κ3) is 1.67. The molecule has 0 spiro atoms. The second-order valence-electron chi connectivity index (χ2n) is 6.12. The molecule has 110 valence electrons. The van der Waals surface area contributed by atoms with Crippen molar-refractivity contribution in [1.82, 2.24) is 0 Å². The zero-order valence-electron chi connectivity index (χ0n) is 12.1. The molecule has 0 saturated heterocycles. The summed E-state index contributed by atoms with van der Waals surface area (Å²) in [6.45, 7) is 4.65. The maximum Gasteiger partial charge on any atom is 0.0708 e. The van der Waals surface area contributed by atoms with E-state index in [1.54, 1.807) is 11.1 Å². The standard InChI is InChI=1S/C18H12Br2S2/c1-7-11-3-9-5-14(20)22-18(9)16(11)8(2)12-4-10-6-13(19)21-17(10)15(7)12/h5-6H,3-4H2,1-2H3. The van der Waals surface area contributed by atoms with E-state index in [-0.39, 0.29) is 0 Å². The van der Waals surface area contributed by atoms with Crippen LogP contribution in [0.25, 0.3) is 20.9 Å². The second kappa shape index (κ2) is 4.56. The molecule has 0 amide bonds. The van der Waals surface area contributed by atoms with Crippen molar-refractivity contribution in [3.63, 3.8) is 0 Å². The Morgan fingerprint density at radius 3 is 1.59 bits per heavy atom. The molecule has 22 heavy (non-hydrogen) atoms. The summed E-state index contributed by atoms with van der Waals surface area (Å²) in [6.07, 6.45) is 2.18. The van der Waals surface area contributed by atoms with Gasteiger partial charge in [-0.1, -0.05) is 0 Å². The van der Waals surface area contributed by atoms with Gasteiger partial charge in [0.05, 0.1) is 7.57 Å². The summed E-state index contributed by atoms with van der Waals surface area (Å²) in [5.74, 6) is 0. The van der Waals surface area contributed by atoms with Gasteiger partial charge in [-0.2, -0.15) is 0 Å². The predicted molar refractivity (Wildman–Crippen MR) is 104 cm³/mol. The van der Waals surface area contributed by atoms with Gasteiger partial charge < -0.3 is 0 Å². The van der Waals surface area contributed by atoms with E-state index in [2.05, 4.69) is 57.8 Å². The largest absolute Gasteiger partial charge is 0.128 e. The Bertz CT molecular complexity index is 896. The van der Waals surface area contributed by atoms with Gasteiger partial charge in [0.25, 0.3) is 0 Å². The minimum absolute atomic E-state index is 1.09. The first-order chi connectivity index (χ1) is 10.5. The van der Waals surface area contributed by atoms with E-state index in [1.807, 2.05) is 22.7 Å². The molecule has 0 bridgehead atoms. The van der Waals surface area contributed by atoms with Gasteiger partial charge in [0.1, 0.15) is 0 Å². The van der Waals surface area contributed by atoms with Crippen molar-refractivity contribution in [2.45, 2.75) is 26.7 Å². The van der Waals surface area contributed by atoms with Crippen molar-refractivity contribution in [3.8, 4) is 20.9 Å². The van der Waals surface area contributed by atoms with Crippen LogP contribution >= 0.6 is 54.5 Å². The van der Waals surface area contributed by atoms with Crippen LogP contribution < -0.4 is 0 Å². The highest BCUT2D eigenvalue weighted by Gasteiger charge is 2.33. The molecule has 0 atom stereocenters. The molecule has 0 fully saturated rings. The molecule has 2 heterocycles. The van der Waals surface area contributed by atoms with Crippen LogP contribution in [0.3, 0.4) is 0 Å². The fraction of sp³-hybridized carbons (Fsp3) is 0.222. The molecule has 0 N–H and O–H groups in total. The molecular formula is C18H12Br2S2. The molecule has 0 saturated carbocycles. The molecular weight excluding hydrogens is 440 g/mol. The van der Waals surface area contributed by atoms with Crippen LogP contribution in [0.15, 0.2) is 19.7 Å². The maximum absolute atomic E-state index is 3.66. The van der Waals surface area contributed by atoms with E-state index in [9.17, 15) is 0 Å². The number of hydrogen-bond donors (Lipinski definition) is 0. The average Bonchev–Trinajstić information content (AvgIpc) is 3.13. The van der Waals surface area contributed by atoms with Crippen molar-refractivity contribution >= 4 is 54.5 Å². The van der Waals surface area contributed by atoms with Crippen molar-refractivity contribution in [3.05, 3.63) is 53.1 Å². The lowest BCUT2D eigenvalue weighted by atomic mass is 9.90. The normalized spacial score (nSPS) is 14.0. The first kappa shape index (κ1) is 14.0. The number of rotatable bonds is 0. The Morgan fingerprint density at radius 1 is 0.773 bits per heavy atom. The summed E-state index contributed by atoms with van der Waals surface area (Å²) in [6, 6.07) is 4.61. The van der Waals surface area contributed by atoms with Crippen LogP contribution in [0.4, 0.5) is 0 Å². The summed E-state index contributed by atoms with van der Waals surface area (Å²) in [5, 5.41) is 0. The van der Waals surface area contributed by atoms with Crippen molar-refractivity contribution in [2.75, 3.05) is 0 Å². The van der Waals surface area contributed by atoms with E-state index in [1.165, 1.54) is 50.7 Å². The van der Waals surface area contributed by atoms with E-state index < -0.39 is 0 Å². The lowest BCUT2D eigenvalue weighted by molar-refractivity contribution is 1.17. The highest BCUT2D eigenvalue weighted by Crippen LogP contribution is 2.54. The number of fused-ring (bicyclic) bond motifs is 6. The minimum atomic E-state index is 1.09. The van der Waals surface area contributed by atoms with Crippen LogP contribution in [0.5, 0.6) is 0 Å². The van der Waals surface area contributed by atoms with Gasteiger partial charge in [-0.15, -0.1) is 22.7 Å². The smallest absolute Gasteiger partial charge is 0.0708 e. The number of benzene rings is 1. The Labute approximate surface area is 154 Å². The quantitative estimate of drug-likeness (QED) is 0.235. The number of hydrogen-bond acceptors (Lipinski definition) is 2. The lowest BCUT2D eigenvalue weighted by Crippen LogP contribution is -1.97. The summed E-state index contributed by atoms with van der Waals surface area (Å²) in [4.78, 5) is 2.98. The second-order valence-corrected chi connectivity index (χ2v) is 11.0. The van der Waals surface area contributed by atoms with Crippen LogP contribution in [-0.4, -0.2) is 0 Å². The Balaban J connectivity index is 1.85. The molecule has 4 heteroatoms. The molecule has 0 unspecified atom stereocenters. The molecule has 2 aromatic heterocycles. The van der Waals surface area contributed by atoms with E-state index >= 15 is 0 Å². The van der Waals surface area contributed by atoms with E-state index in [4.69, 9.17) is 0 Å². The third-order valence-electron chi connectivity index (χ3n) is 5.01. The molecule has 0 nitrogen and oxygen atoms in total. The summed E-state index contributed by atoms with van der Waals surface area (Å²) < 4.78 is 2.51. The van der Waals surface area contributed by atoms with Gasteiger partial charge in [-0.3, -0.25) is 0 Å². The molecule has 1 aromatic carbocycles. The number of thiophene rings is 2. The summed E-state index contributed by atoms with van der Waals surface area (Å²) in [7, 11) is 0. The molecule has 3 aromatic rings. The predicted octanol–water partition coefficient (Wildman–Crippen LogP) is 7.09. The third-order valence-corrected chi connectivity index (χ3v) is 8.40. The van der Waals surface area contributed by atoms with Gasteiger partial charge in [0.15, 0.2) is 0 Å². The molecule has 0 radical (unpaired) electrons. The van der Waals surface area contributed by atoms with Crippen LogP contribution in [0.2, 0.25) is 0 Å². The Kier molecular flexibility index (Phi) is 2.90. The van der Waals surface area contributed by atoms with Gasteiger partial charge in [-0.05, 0) is 115 Å². The fourth-order valence-corrected chi connectivity index (χ4v) is 7.64. The molecule has 5 rings (SSSR count). The van der Waals surface area contributed by atoms with Gasteiger partial charge in [0, 0.05) is 9.75 Å². The van der Waals surface area contributed by atoms with Crippen molar-refractivity contribution in [2.24, 2.45) is 0 Å². The summed E-state index contributed by atoms with van der Waals surface area (Å²) in [5.41, 5.74) is 12.2. The highest BCUT2D eigenvalue weighted by atomic mass is 79.9. The lowest BCUT2D eigenvalue weighted by Gasteiger charge is -2.16. The zero-order valence-corrected chi connectivity index (χ0v) is 16.9. The Morgan fingerprint density at radius 2 is 1.18 bits per heavy atom. The van der Waals surface area contributed by atoms with Crippen molar-refractivity contribution < 1.29 is 0 Å². The molecule has 2 aliphatic carbocycles. The van der Waals surface area contributed by atoms with Crippen molar-refractivity contribution in [1.29, 1.82) is 0 Å². The fourth-order valence-electron chi connectivity index (χ4n) is 4.04. The van der Waals surface area contributed by atoms with Gasteiger partial charge in [0.2, 0.25) is 0 Å². The first-order valence-corrected chi connectivity index (χ1v) is 10.5. The molecule has 0 aliphatic heterocycles. The minimum Gasteiger partial charge on any atom is -0.128 e. The topological polar surface area (TPSA) is 0 Å². The van der Waals surface area contributed by atoms with E-state index in [0.717, 1.165) is 12.8 Å². The SMILES string of the molecule is Cc1c2c(c(C)c3c1-c1sc(Br)cc1C3)-c1sc(Br)cc1C2. The Hall–Kier alpha value is -0.420. The summed E-state index contributed by atoms with van der Waals surface area (Å²) >= 11 is 11.1. The van der Waals surface area contributed by atoms with Crippen LogP contribution in [0.1, 0.15) is 33.4 Å². The van der Waals surface area contributed by atoms with Crippen LogP contribution in [0, 0.1) is 13.8 Å².